The van der Waals surface area contributed by atoms with Crippen molar-refractivity contribution < 1.29 is 29.3 Å². The van der Waals surface area contributed by atoms with E-state index in [1.165, 1.54) is 23.6 Å². The summed E-state index contributed by atoms with van der Waals surface area (Å²) >= 11 is 1.17. The third-order valence-corrected chi connectivity index (χ3v) is 7.82. The van der Waals surface area contributed by atoms with Gasteiger partial charge in [-0.1, -0.05) is 40.5 Å². The summed E-state index contributed by atoms with van der Waals surface area (Å²) in [5, 5.41) is 27.0. The zero-order valence-corrected chi connectivity index (χ0v) is 23.0. The number of rotatable bonds is 12. The normalized spacial score (nSPS) is 19.4. The highest BCUT2D eigenvalue weighted by atomic mass is 32.1. The van der Waals surface area contributed by atoms with Gasteiger partial charge in [0.1, 0.15) is 16.7 Å². The van der Waals surface area contributed by atoms with Gasteiger partial charge in [-0.3, -0.25) is 14.4 Å². The molecular weight excluding hydrogens is 484 g/mol. The Morgan fingerprint density at radius 1 is 1.28 bits per heavy atom. The number of ether oxygens (including phenoxy) is 1. The summed E-state index contributed by atoms with van der Waals surface area (Å²) in [6.45, 7) is 9.99. The summed E-state index contributed by atoms with van der Waals surface area (Å²) in [5.74, 6) is -0.911. The Hall–Kier alpha value is -2.08. The van der Waals surface area contributed by atoms with Gasteiger partial charge in [-0.2, -0.15) is 0 Å². The SMILES string of the molecule is CC[C@H](C)[C@H](NC(=O)[C@H]1CCCCN1)C(=O)N(C)[C@H](C[C@@H](OC(C)=O)c1nc(C(O)O)cs1)C(C)C. The van der Waals surface area contributed by atoms with Gasteiger partial charge in [0.25, 0.3) is 0 Å². The van der Waals surface area contributed by atoms with Crippen LogP contribution in [0.2, 0.25) is 0 Å². The first-order chi connectivity index (χ1) is 17.0. The Kier molecular flexibility index (Phi) is 11.7. The largest absolute Gasteiger partial charge is 0.455 e. The van der Waals surface area contributed by atoms with Crippen molar-refractivity contribution in [2.24, 2.45) is 11.8 Å². The van der Waals surface area contributed by atoms with Gasteiger partial charge in [0.2, 0.25) is 11.8 Å². The summed E-state index contributed by atoms with van der Waals surface area (Å²) in [6, 6.07) is -1.30. The van der Waals surface area contributed by atoms with Crippen LogP contribution in [0.5, 0.6) is 0 Å². The van der Waals surface area contributed by atoms with Crippen molar-refractivity contribution in [2.45, 2.75) is 97.2 Å². The number of piperidine rings is 1. The molecule has 2 rings (SSSR count). The molecule has 10 nitrogen and oxygen atoms in total. The Bertz CT molecular complexity index is 870. The lowest BCUT2D eigenvalue weighted by Gasteiger charge is -2.37. The molecule has 0 radical (unpaired) electrons. The summed E-state index contributed by atoms with van der Waals surface area (Å²) in [7, 11) is 1.71. The molecule has 0 saturated carbocycles. The number of aliphatic hydroxyl groups is 2. The van der Waals surface area contributed by atoms with E-state index in [0.717, 1.165) is 32.2 Å². The van der Waals surface area contributed by atoms with Crippen LogP contribution in [0.4, 0.5) is 0 Å². The van der Waals surface area contributed by atoms with E-state index in [4.69, 9.17) is 4.74 Å². The molecule has 204 valence electrons. The van der Waals surface area contributed by atoms with Crippen molar-refractivity contribution >= 4 is 29.1 Å². The van der Waals surface area contributed by atoms with E-state index in [9.17, 15) is 24.6 Å². The average molecular weight is 527 g/mol. The van der Waals surface area contributed by atoms with Crippen LogP contribution in [-0.4, -0.2) is 69.6 Å². The van der Waals surface area contributed by atoms with Crippen LogP contribution in [0.3, 0.4) is 0 Å². The molecule has 0 unspecified atom stereocenters. The maximum absolute atomic E-state index is 13.7. The Balaban J connectivity index is 2.25. The van der Waals surface area contributed by atoms with Gasteiger partial charge < -0.3 is 30.5 Å². The summed E-state index contributed by atoms with van der Waals surface area (Å²) < 4.78 is 5.54. The lowest BCUT2D eigenvalue weighted by atomic mass is 9.92. The standard InChI is InChI=1S/C25H42N4O6S/c1-7-15(4)21(28-22(31)17-10-8-9-11-26-17)24(32)29(6)19(14(2)3)12-20(35-16(5)30)23-27-18(13-36-23)25(33)34/h13-15,17,19-21,25-26,33-34H,7-12H2,1-6H3,(H,28,31)/t15-,17+,19+,20+,21-/m0/s1. The second kappa shape index (κ2) is 14.0. The Morgan fingerprint density at radius 3 is 2.47 bits per heavy atom. The molecule has 0 spiro atoms. The molecule has 1 aromatic rings. The maximum Gasteiger partial charge on any atom is 0.303 e. The van der Waals surface area contributed by atoms with Gasteiger partial charge in [-0.25, -0.2) is 4.98 Å². The predicted octanol–water partition coefficient (Wildman–Crippen LogP) is 2.28. The van der Waals surface area contributed by atoms with Crippen molar-refractivity contribution in [2.75, 3.05) is 13.6 Å². The molecule has 0 bridgehead atoms. The van der Waals surface area contributed by atoms with Gasteiger partial charge >= 0.3 is 5.97 Å². The van der Waals surface area contributed by atoms with Gasteiger partial charge in [0, 0.05) is 31.8 Å². The molecule has 4 N–H and O–H groups in total. The number of likely N-dealkylation sites (N-methyl/N-ethyl adjacent to an activating group) is 1. The smallest absolute Gasteiger partial charge is 0.303 e. The van der Waals surface area contributed by atoms with E-state index in [2.05, 4.69) is 15.6 Å². The third-order valence-electron chi connectivity index (χ3n) is 6.86. The lowest BCUT2D eigenvalue weighted by molar-refractivity contribution is -0.149. The maximum atomic E-state index is 13.7. The number of hydrogen-bond acceptors (Lipinski definition) is 9. The second-order valence-corrected chi connectivity index (χ2v) is 10.8. The first-order valence-corrected chi connectivity index (χ1v) is 13.6. The van der Waals surface area contributed by atoms with E-state index >= 15 is 0 Å². The molecular formula is C25H42N4O6S. The molecule has 1 saturated heterocycles. The lowest BCUT2D eigenvalue weighted by Crippen LogP contribution is -2.57. The monoisotopic (exact) mass is 526 g/mol. The van der Waals surface area contributed by atoms with Crippen LogP contribution in [0, 0.1) is 11.8 Å². The highest BCUT2D eigenvalue weighted by molar-refractivity contribution is 7.09. The van der Waals surface area contributed by atoms with Gasteiger partial charge in [-0.15, -0.1) is 11.3 Å². The van der Waals surface area contributed by atoms with Crippen LogP contribution in [-0.2, 0) is 19.1 Å². The number of esters is 1. The third kappa shape index (κ3) is 8.22. The number of amides is 2. The number of carbonyl (C=O) groups excluding carboxylic acids is 3. The Morgan fingerprint density at radius 2 is 1.97 bits per heavy atom. The van der Waals surface area contributed by atoms with Crippen molar-refractivity contribution in [1.82, 2.24) is 20.5 Å². The van der Waals surface area contributed by atoms with Crippen molar-refractivity contribution in [3.63, 3.8) is 0 Å². The average Bonchev–Trinajstić information content (AvgIpc) is 3.34. The topological polar surface area (TPSA) is 141 Å². The highest BCUT2D eigenvalue weighted by Crippen LogP contribution is 2.31. The molecule has 2 heterocycles. The van der Waals surface area contributed by atoms with Crippen molar-refractivity contribution in [3.05, 3.63) is 16.1 Å². The molecule has 1 aliphatic rings. The summed E-state index contributed by atoms with van der Waals surface area (Å²) in [5.41, 5.74) is 0.0774. The minimum absolute atomic E-state index is 0.00756. The number of nitrogens with zero attached hydrogens (tertiary/aromatic N) is 2. The number of thiazole rings is 1. The molecule has 2 amide bonds. The van der Waals surface area contributed by atoms with Gasteiger partial charge in [0.15, 0.2) is 12.4 Å². The minimum Gasteiger partial charge on any atom is -0.455 e. The quantitative estimate of drug-likeness (QED) is 0.240. The number of aliphatic hydroxyl groups excluding tert-OH is 1. The first kappa shape index (κ1) is 30.1. The minimum atomic E-state index is -1.73. The van der Waals surface area contributed by atoms with Crippen molar-refractivity contribution in [1.29, 1.82) is 0 Å². The number of aromatic nitrogens is 1. The first-order valence-electron chi connectivity index (χ1n) is 12.7. The van der Waals surface area contributed by atoms with Crippen LogP contribution < -0.4 is 10.6 Å². The van der Waals surface area contributed by atoms with Gasteiger partial charge in [-0.05, 0) is 31.2 Å². The second-order valence-electron chi connectivity index (χ2n) is 9.95. The number of nitrogens with one attached hydrogen (secondary N) is 2. The fourth-order valence-corrected chi connectivity index (χ4v) is 5.33. The van der Waals surface area contributed by atoms with Crippen LogP contribution in [0.15, 0.2) is 5.38 Å². The van der Waals surface area contributed by atoms with E-state index < -0.39 is 24.4 Å². The van der Waals surface area contributed by atoms with E-state index in [-0.39, 0.29) is 47.8 Å². The fraction of sp³-hybridized carbons (Fsp3) is 0.760. The molecule has 11 heteroatoms. The highest BCUT2D eigenvalue weighted by Gasteiger charge is 2.36. The molecule has 1 aromatic heterocycles. The van der Waals surface area contributed by atoms with Crippen LogP contribution in [0.25, 0.3) is 0 Å². The molecule has 1 fully saturated rings. The zero-order valence-electron chi connectivity index (χ0n) is 22.2. The van der Waals surface area contributed by atoms with Crippen LogP contribution in [0.1, 0.15) is 89.8 Å². The molecule has 36 heavy (non-hydrogen) atoms. The summed E-state index contributed by atoms with van der Waals surface area (Å²) in [6.07, 6.45) is 1.28. The zero-order chi connectivity index (χ0) is 27.0. The predicted molar refractivity (Wildman–Crippen MR) is 137 cm³/mol. The van der Waals surface area contributed by atoms with E-state index in [1.807, 2.05) is 27.7 Å². The molecule has 1 aliphatic heterocycles. The number of hydrogen-bond donors (Lipinski definition) is 4. The fourth-order valence-electron chi connectivity index (χ4n) is 4.46. The Labute approximate surface area is 217 Å². The molecule has 0 aromatic carbocycles. The molecule has 5 atom stereocenters. The number of carbonyl (C=O) groups is 3. The summed E-state index contributed by atoms with van der Waals surface area (Å²) in [4.78, 5) is 44.4. The van der Waals surface area contributed by atoms with E-state index in [1.54, 1.807) is 11.9 Å². The van der Waals surface area contributed by atoms with Crippen LogP contribution >= 0.6 is 11.3 Å². The molecule has 0 aliphatic carbocycles. The van der Waals surface area contributed by atoms with Gasteiger partial charge in [0.05, 0.1) is 6.04 Å². The van der Waals surface area contributed by atoms with Crippen molar-refractivity contribution in [3.8, 4) is 0 Å². The van der Waals surface area contributed by atoms with E-state index in [0.29, 0.717) is 5.01 Å².